The second-order valence-corrected chi connectivity index (χ2v) is 7.52. The van der Waals surface area contributed by atoms with Gasteiger partial charge in [-0.15, -0.1) is 11.3 Å². The Bertz CT molecular complexity index is 587. The Morgan fingerprint density at radius 2 is 2.05 bits per heavy atom. The van der Waals surface area contributed by atoms with Gasteiger partial charge in [0.2, 0.25) is 0 Å². The van der Waals surface area contributed by atoms with Gasteiger partial charge in [-0.25, -0.2) is 4.98 Å². The van der Waals surface area contributed by atoms with E-state index < -0.39 is 0 Å². The van der Waals surface area contributed by atoms with E-state index in [4.69, 9.17) is 4.98 Å². The maximum absolute atomic E-state index is 4.70. The molecule has 0 bridgehead atoms. The van der Waals surface area contributed by atoms with E-state index in [2.05, 4.69) is 67.1 Å². The van der Waals surface area contributed by atoms with Crippen molar-refractivity contribution in [3.63, 3.8) is 0 Å². The molecule has 1 aromatic heterocycles. The first kappa shape index (κ1) is 16.7. The van der Waals surface area contributed by atoms with Crippen molar-refractivity contribution < 1.29 is 0 Å². The largest absolute Gasteiger partial charge is 0.310 e. The van der Waals surface area contributed by atoms with Gasteiger partial charge < -0.3 is 5.32 Å². The second kappa shape index (κ2) is 7.52. The lowest BCUT2D eigenvalue weighted by molar-refractivity contribution is 0.526. The zero-order valence-electron chi connectivity index (χ0n) is 13.2. The molecule has 0 aliphatic heterocycles. The first-order valence-corrected chi connectivity index (χ1v) is 9.05. The lowest BCUT2D eigenvalue weighted by atomic mass is 10.0. The number of nitrogens with zero attached hydrogens (tertiary/aromatic N) is 1. The van der Waals surface area contributed by atoms with Crippen LogP contribution in [0.15, 0.2) is 22.7 Å². The standard InChI is InChI=1S/C17H23BrN2S/c1-5-9-19-15(10-16-20-12(3)13(4)21-16)14-8-6-7-11(2)17(14)18/h6-8,15,19H,5,9-10H2,1-4H3. The monoisotopic (exact) mass is 366 g/mol. The third kappa shape index (κ3) is 4.15. The zero-order valence-corrected chi connectivity index (χ0v) is 15.6. The van der Waals surface area contributed by atoms with Gasteiger partial charge in [0.15, 0.2) is 0 Å². The van der Waals surface area contributed by atoms with Crippen LogP contribution in [0.25, 0.3) is 0 Å². The van der Waals surface area contributed by atoms with Gasteiger partial charge in [-0.3, -0.25) is 0 Å². The van der Waals surface area contributed by atoms with Crippen LogP contribution in [0, 0.1) is 20.8 Å². The van der Waals surface area contributed by atoms with Crippen molar-refractivity contribution in [2.45, 2.75) is 46.6 Å². The Morgan fingerprint density at radius 3 is 2.67 bits per heavy atom. The summed E-state index contributed by atoms with van der Waals surface area (Å²) in [6.07, 6.45) is 2.08. The summed E-state index contributed by atoms with van der Waals surface area (Å²) in [5.41, 5.74) is 3.77. The van der Waals surface area contributed by atoms with Crippen LogP contribution in [0.1, 0.15) is 46.1 Å². The van der Waals surface area contributed by atoms with E-state index in [9.17, 15) is 0 Å². The van der Waals surface area contributed by atoms with Crippen LogP contribution in [0.2, 0.25) is 0 Å². The highest BCUT2D eigenvalue weighted by Gasteiger charge is 2.17. The SMILES string of the molecule is CCCNC(Cc1nc(C)c(C)s1)c1cccc(C)c1Br. The van der Waals surface area contributed by atoms with Gasteiger partial charge in [0.05, 0.1) is 10.7 Å². The van der Waals surface area contributed by atoms with Crippen molar-refractivity contribution in [1.29, 1.82) is 0 Å². The van der Waals surface area contributed by atoms with Crippen LogP contribution in [-0.4, -0.2) is 11.5 Å². The molecule has 2 aromatic rings. The fourth-order valence-corrected chi connectivity index (χ4v) is 3.87. The van der Waals surface area contributed by atoms with Crippen LogP contribution in [-0.2, 0) is 6.42 Å². The van der Waals surface area contributed by atoms with E-state index in [1.165, 1.54) is 25.5 Å². The number of nitrogens with one attached hydrogen (secondary N) is 1. The minimum absolute atomic E-state index is 0.309. The van der Waals surface area contributed by atoms with Crippen molar-refractivity contribution >= 4 is 27.3 Å². The van der Waals surface area contributed by atoms with E-state index in [0.29, 0.717) is 6.04 Å². The minimum Gasteiger partial charge on any atom is -0.310 e. The van der Waals surface area contributed by atoms with E-state index in [1.807, 2.05) is 11.3 Å². The third-order valence-electron chi connectivity index (χ3n) is 3.69. The molecule has 0 amide bonds. The number of hydrogen-bond donors (Lipinski definition) is 1. The Balaban J connectivity index is 2.27. The minimum atomic E-state index is 0.309. The predicted octanol–water partition coefficient (Wildman–Crippen LogP) is 5.11. The fraction of sp³-hybridized carbons (Fsp3) is 0.471. The van der Waals surface area contributed by atoms with Gasteiger partial charge in [-0.2, -0.15) is 0 Å². The average molecular weight is 367 g/mol. The lowest BCUT2D eigenvalue weighted by Crippen LogP contribution is -2.24. The summed E-state index contributed by atoms with van der Waals surface area (Å²) >= 11 is 5.56. The number of hydrogen-bond acceptors (Lipinski definition) is 3. The van der Waals surface area contributed by atoms with Gasteiger partial charge in [0, 0.05) is 21.8 Å². The summed E-state index contributed by atoms with van der Waals surface area (Å²) in [4.78, 5) is 6.02. The summed E-state index contributed by atoms with van der Waals surface area (Å²) < 4.78 is 1.21. The molecule has 0 aliphatic carbocycles. The molecular weight excluding hydrogens is 344 g/mol. The Labute approximate surface area is 140 Å². The van der Waals surface area contributed by atoms with Gasteiger partial charge in [0.1, 0.15) is 0 Å². The summed E-state index contributed by atoms with van der Waals surface area (Å²) in [5, 5.41) is 4.88. The molecule has 114 valence electrons. The molecule has 0 saturated carbocycles. The van der Waals surface area contributed by atoms with Crippen LogP contribution in [0.3, 0.4) is 0 Å². The fourth-order valence-electron chi connectivity index (χ4n) is 2.35. The first-order valence-electron chi connectivity index (χ1n) is 7.44. The quantitative estimate of drug-likeness (QED) is 0.767. The summed E-state index contributed by atoms with van der Waals surface area (Å²) in [6, 6.07) is 6.79. The normalized spacial score (nSPS) is 12.6. The molecule has 0 fully saturated rings. The van der Waals surface area contributed by atoms with Crippen LogP contribution < -0.4 is 5.32 Å². The number of aryl methyl sites for hydroxylation is 3. The Morgan fingerprint density at radius 1 is 1.29 bits per heavy atom. The molecule has 1 aromatic carbocycles. The van der Waals surface area contributed by atoms with E-state index in [1.54, 1.807) is 0 Å². The molecule has 1 unspecified atom stereocenters. The predicted molar refractivity (Wildman–Crippen MR) is 95.2 cm³/mol. The lowest BCUT2D eigenvalue weighted by Gasteiger charge is -2.20. The van der Waals surface area contributed by atoms with Gasteiger partial charge in [-0.05, 0) is 44.9 Å². The van der Waals surface area contributed by atoms with Crippen molar-refractivity contribution in [1.82, 2.24) is 10.3 Å². The molecule has 0 spiro atoms. The molecule has 2 nitrogen and oxygen atoms in total. The van der Waals surface area contributed by atoms with E-state index in [-0.39, 0.29) is 0 Å². The molecule has 21 heavy (non-hydrogen) atoms. The number of aromatic nitrogens is 1. The topological polar surface area (TPSA) is 24.9 Å². The summed E-state index contributed by atoms with van der Waals surface area (Å²) in [7, 11) is 0. The van der Waals surface area contributed by atoms with Crippen LogP contribution in [0.4, 0.5) is 0 Å². The molecule has 1 N–H and O–H groups in total. The smallest absolute Gasteiger partial charge is 0.0949 e. The van der Waals surface area contributed by atoms with E-state index in [0.717, 1.165) is 25.1 Å². The number of benzene rings is 1. The Hall–Kier alpha value is -0.710. The molecule has 2 rings (SSSR count). The number of halogens is 1. The van der Waals surface area contributed by atoms with Crippen molar-refractivity contribution in [2.24, 2.45) is 0 Å². The van der Waals surface area contributed by atoms with Crippen LogP contribution in [0.5, 0.6) is 0 Å². The highest BCUT2D eigenvalue weighted by molar-refractivity contribution is 9.10. The zero-order chi connectivity index (χ0) is 15.4. The molecular formula is C17H23BrN2S. The van der Waals surface area contributed by atoms with Crippen LogP contribution >= 0.6 is 27.3 Å². The highest BCUT2D eigenvalue weighted by Crippen LogP contribution is 2.30. The summed E-state index contributed by atoms with van der Waals surface area (Å²) in [5.74, 6) is 0. The van der Waals surface area contributed by atoms with Crippen molar-refractivity contribution in [2.75, 3.05) is 6.54 Å². The third-order valence-corrected chi connectivity index (χ3v) is 5.87. The van der Waals surface area contributed by atoms with E-state index >= 15 is 0 Å². The molecule has 1 heterocycles. The highest BCUT2D eigenvalue weighted by atomic mass is 79.9. The van der Waals surface area contributed by atoms with Gasteiger partial charge in [0.25, 0.3) is 0 Å². The summed E-state index contributed by atoms with van der Waals surface area (Å²) in [6.45, 7) is 9.60. The van der Waals surface area contributed by atoms with Gasteiger partial charge in [-0.1, -0.05) is 41.1 Å². The van der Waals surface area contributed by atoms with Gasteiger partial charge >= 0.3 is 0 Å². The average Bonchev–Trinajstić information content (AvgIpc) is 2.76. The molecule has 0 aliphatic rings. The maximum Gasteiger partial charge on any atom is 0.0949 e. The van der Waals surface area contributed by atoms with Crippen molar-refractivity contribution in [3.8, 4) is 0 Å². The molecule has 4 heteroatoms. The molecule has 0 radical (unpaired) electrons. The number of thiazole rings is 1. The second-order valence-electron chi connectivity index (χ2n) is 5.44. The molecule has 1 atom stereocenters. The maximum atomic E-state index is 4.70. The molecule has 0 saturated heterocycles. The Kier molecular flexibility index (Phi) is 5.97. The number of rotatable bonds is 6. The first-order chi connectivity index (χ1) is 10.0. The van der Waals surface area contributed by atoms with Crippen molar-refractivity contribution in [3.05, 3.63) is 49.4 Å².